The van der Waals surface area contributed by atoms with Gasteiger partial charge in [0.25, 0.3) is 0 Å². The maximum atomic E-state index is 13.5. The number of nitrogens with one attached hydrogen (secondary N) is 1. The first-order valence-corrected chi connectivity index (χ1v) is 6.80. The van der Waals surface area contributed by atoms with Crippen LogP contribution < -0.4 is 4.72 Å². The maximum absolute atomic E-state index is 13.5. The predicted octanol–water partition coefficient (Wildman–Crippen LogP) is 1.39. The molecule has 0 aromatic heterocycles. The summed E-state index contributed by atoms with van der Waals surface area (Å²) < 4.78 is 39.5. The molecule has 0 saturated carbocycles. The molecule has 1 rings (SSSR count). The van der Waals surface area contributed by atoms with Crippen molar-refractivity contribution in [1.82, 2.24) is 4.72 Å². The van der Waals surface area contributed by atoms with Gasteiger partial charge in [-0.25, -0.2) is 17.5 Å². The largest absolute Gasteiger partial charge is 0.392 e. The van der Waals surface area contributed by atoms with Gasteiger partial charge in [-0.05, 0) is 31.0 Å². The minimum absolute atomic E-state index is 0.266. The molecule has 0 heterocycles. The van der Waals surface area contributed by atoms with Crippen LogP contribution in [0.2, 0.25) is 0 Å². The fourth-order valence-electron chi connectivity index (χ4n) is 1.26. The van der Waals surface area contributed by atoms with Crippen molar-refractivity contribution in [1.29, 1.82) is 0 Å². The Balaban J connectivity index is 3.14. The highest BCUT2D eigenvalue weighted by atomic mass is 32.2. The van der Waals surface area contributed by atoms with Crippen LogP contribution >= 0.6 is 0 Å². The topological polar surface area (TPSA) is 66.4 Å². The first kappa shape index (κ1) is 14.1. The molecule has 4 nitrogen and oxygen atoms in total. The van der Waals surface area contributed by atoms with Gasteiger partial charge in [0.15, 0.2) is 0 Å². The van der Waals surface area contributed by atoms with Gasteiger partial charge in [-0.1, -0.05) is 13.0 Å². The fourth-order valence-corrected chi connectivity index (χ4v) is 2.72. The first-order chi connectivity index (χ1) is 7.90. The number of hydrogen-bond acceptors (Lipinski definition) is 3. The molecule has 1 aromatic carbocycles. The number of sulfonamides is 1. The molecule has 0 aliphatic heterocycles. The zero-order chi connectivity index (χ0) is 13.1. The van der Waals surface area contributed by atoms with Gasteiger partial charge >= 0.3 is 0 Å². The zero-order valence-electron chi connectivity index (χ0n) is 9.77. The molecule has 1 atom stereocenters. The molecule has 0 amide bonds. The molecule has 2 N–H and O–H groups in total. The van der Waals surface area contributed by atoms with Crippen LogP contribution in [0.15, 0.2) is 23.1 Å². The number of aliphatic hydroxyl groups is 1. The van der Waals surface area contributed by atoms with Crippen molar-refractivity contribution < 1.29 is 17.9 Å². The van der Waals surface area contributed by atoms with Crippen molar-refractivity contribution in [3.05, 3.63) is 29.6 Å². The van der Waals surface area contributed by atoms with E-state index >= 15 is 0 Å². The summed E-state index contributed by atoms with van der Waals surface area (Å²) in [4.78, 5) is -0.427. The van der Waals surface area contributed by atoms with Gasteiger partial charge in [0.1, 0.15) is 10.7 Å². The summed E-state index contributed by atoms with van der Waals surface area (Å²) in [7, 11) is -3.87. The molecule has 1 aromatic rings. The Morgan fingerprint density at radius 1 is 1.47 bits per heavy atom. The van der Waals surface area contributed by atoms with Crippen molar-refractivity contribution in [3.8, 4) is 0 Å². The Labute approximate surface area is 101 Å². The van der Waals surface area contributed by atoms with Crippen molar-refractivity contribution in [2.45, 2.75) is 37.8 Å². The van der Waals surface area contributed by atoms with E-state index < -0.39 is 20.7 Å². The van der Waals surface area contributed by atoms with E-state index in [1.807, 2.05) is 6.92 Å². The van der Waals surface area contributed by atoms with Crippen molar-refractivity contribution in [2.24, 2.45) is 0 Å². The minimum Gasteiger partial charge on any atom is -0.392 e. The third kappa shape index (κ3) is 3.49. The van der Waals surface area contributed by atoms with Crippen molar-refractivity contribution >= 4 is 10.0 Å². The van der Waals surface area contributed by atoms with Crippen LogP contribution in [0.5, 0.6) is 0 Å². The molecule has 1 unspecified atom stereocenters. The van der Waals surface area contributed by atoms with Crippen LogP contribution in [0.25, 0.3) is 0 Å². The van der Waals surface area contributed by atoms with Crippen LogP contribution in [0, 0.1) is 5.82 Å². The second kappa shape index (κ2) is 5.57. The number of halogens is 1. The lowest BCUT2D eigenvalue weighted by Crippen LogP contribution is -2.32. The molecule has 0 bridgehead atoms. The molecule has 0 fully saturated rings. The number of benzene rings is 1. The van der Waals surface area contributed by atoms with Crippen molar-refractivity contribution in [3.63, 3.8) is 0 Å². The fraction of sp³-hybridized carbons (Fsp3) is 0.455. The Morgan fingerprint density at radius 2 is 2.12 bits per heavy atom. The molecule has 0 radical (unpaired) electrons. The average Bonchev–Trinajstić information content (AvgIpc) is 2.28. The third-order valence-corrected chi connectivity index (χ3v) is 4.04. The molecule has 0 spiro atoms. The van der Waals surface area contributed by atoms with E-state index in [0.717, 1.165) is 12.1 Å². The molecule has 6 heteroatoms. The summed E-state index contributed by atoms with van der Waals surface area (Å²) in [6, 6.07) is 3.26. The van der Waals surface area contributed by atoms with Crippen molar-refractivity contribution in [2.75, 3.05) is 0 Å². The standard InChI is InChI=1S/C11H16FNO3S/c1-3-8(2)13-17(15,16)11-6-9(7-14)4-5-10(11)12/h4-6,8,13-14H,3,7H2,1-2H3. The summed E-state index contributed by atoms with van der Waals surface area (Å²) in [6.45, 7) is 3.20. The summed E-state index contributed by atoms with van der Waals surface area (Å²) in [6.07, 6.45) is 0.612. The molecule has 17 heavy (non-hydrogen) atoms. The highest BCUT2D eigenvalue weighted by molar-refractivity contribution is 7.89. The van der Waals surface area contributed by atoms with Gasteiger partial charge in [-0.15, -0.1) is 0 Å². The molecular weight excluding hydrogens is 245 g/mol. The van der Waals surface area contributed by atoms with Gasteiger partial charge in [-0.2, -0.15) is 0 Å². The quantitative estimate of drug-likeness (QED) is 0.842. The summed E-state index contributed by atoms with van der Waals surface area (Å²) in [5.74, 6) is -0.821. The zero-order valence-corrected chi connectivity index (χ0v) is 10.6. The Kier molecular flexibility index (Phi) is 4.62. The van der Waals surface area contributed by atoms with E-state index in [1.165, 1.54) is 6.07 Å². The van der Waals surface area contributed by atoms with E-state index in [-0.39, 0.29) is 12.6 Å². The van der Waals surface area contributed by atoms with Crippen LogP contribution in [0.4, 0.5) is 4.39 Å². The molecule has 96 valence electrons. The normalized spacial score (nSPS) is 13.6. The highest BCUT2D eigenvalue weighted by Gasteiger charge is 2.21. The predicted molar refractivity (Wildman–Crippen MR) is 62.4 cm³/mol. The van der Waals surface area contributed by atoms with E-state index in [9.17, 15) is 12.8 Å². The lowest BCUT2D eigenvalue weighted by Gasteiger charge is -2.13. The number of hydrogen-bond donors (Lipinski definition) is 2. The minimum atomic E-state index is -3.87. The Bertz CT molecular complexity index is 487. The highest BCUT2D eigenvalue weighted by Crippen LogP contribution is 2.17. The van der Waals surface area contributed by atoms with E-state index in [0.29, 0.717) is 12.0 Å². The van der Waals surface area contributed by atoms with E-state index in [2.05, 4.69) is 4.72 Å². The smallest absolute Gasteiger partial charge is 0.243 e. The molecular formula is C11H16FNO3S. The van der Waals surface area contributed by atoms with Gasteiger partial charge in [0.2, 0.25) is 10.0 Å². The lowest BCUT2D eigenvalue weighted by atomic mass is 10.2. The van der Waals surface area contributed by atoms with E-state index in [4.69, 9.17) is 5.11 Å². The van der Waals surface area contributed by atoms with Gasteiger partial charge in [0, 0.05) is 6.04 Å². The van der Waals surface area contributed by atoms with Gasteiger partial charge < -0.3 is 5.11 Å². The van der Waals surface area contributed by atoms with Crippen LogP contribution in [0.3, 0.4) is 0 Å². The second-order valence-corrected chi connectivity index (χ2v) is 5.54. The SMILES string of the molecule is CCC(C)NS(=O)(=O)c1cc(CO)ccc1F. The molecule has 0 aliphatic carbocycles. The lowest BCUT2D eigenvalue weighted by molar-refractivity contribution is 0.281. The average molecular weight is 261 g/mol. The number of aliphatic hydroxyl groups excluding tert-OH is 1. The second-order valence-electron chi connectivity index (χ2n) is 3.85. The Hall–Kier alpha value is -0.980. The summed E-state index contributed by atoms with van der Waals surface area (Å²) in [5, 5.41) is 8.91. The van der Waals surface area contributed by atoms with E-state index in [1.54, 1.807) is 6.92 Å². The van der Waals surface area contributed by atoms with Gasteiger partial charge in [-0.3, -0.25) is 0 Å². The third-order valence-electron chi connectivity index (χ3n) is 2.44. The Morgan fingerprint density at radius 3 is 2.65 bits per heavy atom. The maximum Gasteiger partial charge on any atom is 0.243 e. The number of rotatable bonds is 5. The van der Waals surface area contributed by atoms with Gasteiger partial charge in [0.05, 0.1) is 6.61 Å². The van der Waals surface area contributed by atoms with Crippen LogP contribution in [-0.4, -0.2) is 19.6 Å². The van der Waals surface area contributed by atoms with Crippen LogP contribution in [0.1, 0.15) is 25.8 Å². The molecule has 0 aliphatic rings. The first-order valence-electron chi connectivity index (χ1n) is 5.32. The summed E-state index contributed by atoms with van der Waals surface area (Å²) >= 11 is 0. The monoisotopic (exact) mass is 261 g/mol. The van der Waals surface area contributed by atoms with Crippen LogP contribution in [-0.2, 0) is 16.6 Å². The molecule has 0 saturated heterocycles. The summed E-state index contributed by atoms with van der Waals surface area (Å²) in [5.41, 5.74) is 0.357.